The van der Waals surface area contributed by atoms with Gasteiger partial charge >= 0.3 is 0 Å². The van der Waals surface area contributed by atoms with Gasteiger partial charge in [-0.1, -0.05) is 55.8 Å². The average Bonchev–Trinajstić information content (AvgIpc) is 3.11. The summed E-state index contributed by atoms with van der Waals surface area (Å²) in [6.45, 7) is 4.21. The molecule has 196 valence electrons. The molecule has 0 spiro atoms. The van der Waals surface area contributed by atoms with Crippen molar-refractivity contribution < 1.29 is 22.4 Å². The number of hydrogen-bond donors (Lipinski definition) is 1. The van der Waals surface area contributed by atoms with Gasteiger partial charge in [0.2, 0.25) is 11.8 Å². The van der Waals surface area contributed by atoms with Crippen molar-refractivity contribution in [3.8, 4) is 0 Å². The van der Waals surface area contributed by atoms with Crippen molar-refractivity contribution >= 4 is 38.3 Å². The molecule has 0 saturated heterocycles. The largest absolute Gasteiger partial charge is 0.354 e. The van der Waals surface area contributed by atoms with Crippen LogP contribution in [0, 0.1) is 5.82 Å². The van der Waals surface area contributed by atoms with Gasteiger partial charge in [0, 0.05) is 37.0 Å². The Hall–Kier alpha value is -3.46. The van der Waals surface area contributed by atoms with E-state index < -0.39 is 21.9 Å². The molecule has 1 unspecified atom stereocenters. The predicted molar refractivity (Wildman–Crippen MR) is 142 cm³/mol. The standard InChI is InChI=1S/C28H32FN3O4S/c1-3-4-17-30-28(34)20(2)31(19-22-10-5-6-13-23(22)29)26(33)16-9-18-32-24-14-7-11-21-12-8-15-25(27(21)24)37(32,35)36/h5-8,10-15,20H,3-4,9,16-19H2,1-2H3,(H,30,34). The quantitative estimate of drug-likeness (QED) is 0.371. The molecule has 1 heterocycles. The minimum absolute atomic E-state index is 0.0133. The first-order chi connectivity index (χ1) is 17.8. The number of anilines is 1. The number of amides is 2. The fourth-order valence-electron chi connectivity index (χ4n) is 4.65. The zero-order valence-corrected chi connectivity index (χ0v) is 21.9. The summed E-state index contributed by atoms with van der Waals surface area (Å²) < 4.78 is 42.2. The van der Waals surface area contributed by atoms with Crippen LogP contribution in [0.3, 0.4) is 0 Å². The zero-order chi connectivity index (χ0) is 26.6. The fraction of sp³-hybridized carbons (Fsp3) is 0.357. The molecule has 1 aliphatic rings. The van der Waals surface area contributed by atoms with Crippen LogP contribution in [-0.2, 0) is 26.2 Å². The second-order valence-electron chi connectivity index (χ2n) is 9.25. The van der Waals surface area contributed by atoms with Crippen LogP contribution in [0.25, 0.3) is 10.8 Å². The van der Waals surface area contributed by atoms with Crippen LogP contribution >= 0.6 is 0 Å². The number of unbranched alkanes of at least 4 members (excludes halogenated alkanes) is 1. The molecule has 0 saturated carbocycles. The zero-order valence-electron chi connectivity index (χ0n) is 21.1. The van der Waals surface area contributed by atoms with Gasteiger partial charge in [0.25, 0.3) is 10.0 Å². The van der Waals surface area contributed by atoms with Crippen molar-refractivity contribution in [3.63, 3.8) is 0 Å². The number of sulfonamides is 1. The van der Waals surface area contributed by atoms with Gasteiger partial charge in [0.15, 0.2) is 0 Å². The summed E-state index contributed by atoms with van der Waals surface area (Å²) in [7, 11) is -3.72. The molecule has 1 aliphatic heterocycles. The molecule has 0 fully saturated rings. The topological polar surface area (TPSA) is 86.8 Å². The highest BCUT2D eigenvalue weighted by molar-refractivity contribution is 7.93. The summed E-state index contributed by atoms with van der Waals surface area (Å²) in [6.07, 6.45) is 2.00. The molecule has 1 atom stereocenters. The van der Waals surface area contributed by atoms with Crippen LogP contribution in [0.4, 0.5) is 10.1 Å². The van der Waals surface area contributed by atoms with Gasteiger partial charge in [-0.3, -0.25) is 13.9 Å². The minimum atomic E-state index is -3.72. The summed E-state index contributed by atoms with van der Waals surface area (Å²) in [5, 5.41) is 4.37. The molecule has 9 heteroatoms. The van der Waals surface area contributed by atoms with Gasteiger partial charge in [0.05, 0.1) is 10.6 Å². The number of halogens is 1. The van der Waals surface area contributed by atoms with E-state index in [4.69, 9.17) is 0 Å². The molecular weight excluding hydrogens is 493 g/mol. The summed E-state index contributed by atoms with van der Waals surface area (Å²) in [5.41, 5.74) is 0.917. The first-order valence-corrected chi connectivity index (χ1v) is 14.0. The van der Waals surface area contributed by atoms with Crippen molar-refractivity contribution in [1.29, 1.82) is 0 Å². The maximum absolute atomic E-state index is 14.4. The smallest absolute Gasteiger partial charge is 0.265 e. The Kier molecular flexibility index (Phi) is 8.12. The molecule has 4 rings (SSSR count). The number of rotatable bonds is 11. The van der Waals surface area contributed by atoms with Crippen molar-refractivity contribution in [2.24, 2.45) is 0 Å². The van der Waals surface area contributed by atoms with Crippen LogP contribution in [0.1, 0.15) is 45.1 Å². The lowest BCUT2D eigenvalue weighted by Crippen LogP contribution is -2.48. The second-order valence-corrected chi connectivity index (χ2v) is 11.1. The number of benzene rings is 3. The molecular formula is C28H32FN3O4S. The number of hydrogen-bond acceptors (Lipinski definition) is 4. The molecule has 1 N–H and O–H groups in total. The summed E-state index contributed by atoms with van der Waals surface area (Å²) in [6, 6.07) is 16.0. The SMILES string of the molecule is CCCCNC(=O)C(C)N(Cc1ccccc1F)C(=O)CCCN1c2cccc3cccc(c23)S1(=O)=O. The Morgan fingerprint density at radius 1 is 1.03 bits per heavy atom. The molecule has 7 nitrogen and oxygen atoms in total. The van der Waals surface area contributed by atoms with Gasteiger partial charge in [0.1, 0.15) is 11.9 Å². The molecule has 2 amide bonds. The lowest BCUT2D eigenvalue weighted by atomic mass is 10.1. The Balaban J connectivity index is 1.48. The van der Waals surface area contributed by atoms with Crippen molar-refractivity contribution in [2.45, 2.75) is 57.0 Å². The molecule has 0 radical (unpaired) electrons. The van der Waals surface area contributed by atoms with E-state index in [9.17, 15) is 22.4 Å². The van der Waals surface area contributed by atoms with Crippen LogP contribution in [0.15, 0.2) is 65.6 Å². The normalized spacial score (nSPS) is 14.5. The number of carbonyl (C=O) groups is 2. The Morgan fingerprint density at radius 2 is 1.76 bits per heavy atom. The maximum Gasteiger partial charge on any atom is 0.265 e. The van der Waals surface area contributed by atoms with E-state index >= 15 is 0 Å². The van der Waals surface area contributed by atoms with Crippen LogP contribution in [-0.4, -0.2) is 44.3 Å². The maximum atomic E-state index is 14.4. The minimum Gasteiger partial charge on any atom is -0.354 e. The van der Waals surface area contributed by atoms with Crippen LogP contribution < -0.4 is 9.62 Å². The van der Waals surface area contributed by atoms with E-state index in [1.807, 2.05) is 25.1 Å². The van der Waals surface area contributed by atoms with Gasteiger partial charge < -0.3 is 10.2 Å². The van der Waals surface area contributed by atoms with Crippen molar-refractivity contribution in [3.05, 3.63) is 72.0 Å². The molecule has 3 aromatic carbocycles. The van der Waals surface area contributed by atoms with Gasteiger partial charge in [-0.05, 0) is 43.4 Å². The summed E-state index contributed by atoms with van der Waals surface area (Å²) in [5.74, 6) is -1.09. The lowest BCUT2D eigenvalue weighted by Gasteiger charge is -2.29. The van der Waals surface area contributed by atoms with E-state index in [0.29, 0.717) is 23.2 Å². The summed E-state index contributed by atoms with van der Waals surface area (Å²) in [4.78, 5) is 27.7. The Labute approximate surface area is 217 Å². The number of carbonyl (C=O) groups excluding carboxylic acids is 2. The lowest BCUT2D eigenvalue weighted by molar-refractivity contribution is -0.140. The van der Waals surface area contributed by atoms with Crippen molar-refractivity contribution in [1.82, 2.24) is 10.2 Å². The van der Waals surface area contributed by atoms with Crippen LogP contribution in [0.5, 0.6) is 0 Å². The number of nitrogens with zero attached hydrogens (tertiary/aromatic N) is 2. The van der Waals surface area contributed by atoms with E-state index in [1.165, 1.54) is 15.3 Å². The second kappa shape index (κ2) is 11.3. The molecule has 3 aromatic rings. The van der Waals surface area contributed by atoms with Gasteiger partial charge in [-0.15, -0.1) is 0 Å². The van der Waals surface area contributed by atoms with Crippen LogP contribution in [0.2, 0.25) is 0 Å². The third-order valence-electron chi connectivity index (χ3n) is 6.73. The highest BCUT2D eigenvalue weighted by Crippen LogP contribution is 2.42. The molecule has 37 heavy (non-hydrogen) atoms. The first kappa shape index (κ1) is 26.6. The monoisotopic (exact) mass is 525 g/mol. The highest BCUT2D eigenvalue weighted by Gasteiger charge is 2.35. The van der Waals surface area contributed by atoms with E-state index in [-0.39, 0.29) is 42.6 Å². The van der Waals surface area contributed by atoms with Crippen molar-refractivity contribution in [2.75, 3.05) is 17.4 Å². The average molecular weight is 526 g/mol. The predicted octanol–water partition coefficient (Wildman–Crippen LogP) is 4.60. The third-order valence-corrected chi connectivity index (χ3v) is 8.58. The van der Waals surface area contributed by atoms with Gasteiger partial charge in [-0.25, -0.2) is 12.8 Å². The highest BCUT2D eigenvalue weighted by atomic mass is 32.2. The van der Waals surface area contributed by atoms with E-state index in [2.05, 4.69) is 5.32 Å². The molecule has 0 aromatic heterocycles. The molecule has 0 bridgehead atoms. The Bertz CT molecular complexity index is 1400. The van der Waals surface area contributed by atoms with Gasteiger partial charge in [-0.2, -0.15) is 0 Å². The first-order valence-electron chi connectivity index (χ1n) is 12.6. The third kappa shape index (κ3) is 5.46. The van der Waals surface area contributed by atoms with E-state index in [1.54, 1.807) is 43.3 Å². The Morgan fingerprint density at radius 3 is 2.49 bits per heavy atom. The summed E-state index contributed by atoms with van der Waals surface area (Å²) >= 11 is 0. The molecule has 0 aliphatic carbocycles. The fourth-order valence-corrected chi connectivity index (χ4v) is 6.39. The van der Waals surface area contributed by atoms with E-state index in [0.717, 1.165) is 18.2 Å². The number of nitrogens with one attached hydrogen (secondary N) is 1.